The molecule has 0 bridgehead atoms. The predicted octanol–water partition coefficient (Wildman–Crippen LogP) is 3.39. The van der Waals surface area contributed by atoms with E-state index in [1.807, 2.05) is 25.1 Å². The van der Waals surface area contributed by atoms with Gasteiger partial charge in [0.05, 0.1) is 6.26 Å². The van der Waals surface area contributed by atoms with Gasteiger partial charge in [0.15, 0.2) is 0 Å². The molecule has 0 atom stereocenters. The molecule has 0 unspecified atom stereocenters. The maximum atomic E-state index is 5.90. The molecule has 2 heteroatoms. The molecule has 1 nitrogen and oxygen atoms in total. The highest BCUT2D eigenvalue weighted by molar-refractivity contribution is 6.32. The summed E-state index contributed by atoms with van der Waals surface area (Å²) in [7, 11) is 0. The number of aryl methyl sites for hydroxylation is 1. The minimum absolute atomic E-state index is 0.791. The molecule has 56 valence electrons. The van der Waals surface area contributed by atoms with Crippen LogP contribution in [-0.4, -0.2) is 0 Å². The van der Waals surface area contributed by atoms with Gasteiger partial charge in [-0.05, 0) is 30.7 Å². The van der Waals surface area contributed by atoms with Crippen LogP contribution in [0.15, 0.2) is 28.9 Å². The number of hydrogen-bond acceptors (Lipinski definition) is 1. The lowest BCUT2D eigenvalue weighted by Crippen LogP contribution is -1.74. The first-order chi connectivity index (χ1) is 5.29. The van der Waals surface area contributed by atoms with Gasteiger partial charge in [-0.3, -0.25) is 0 Å². The first kappa shape index (κ1) is 6.74. The second kappa shape index (κ2) is 2.28. The molecule has 1 heterocycles. The Morgan fingerprint density at radius 2 is 2.09 bits per heavy atom. The lowest BCUT2D eigenvalue weighted by molar-refractivity contribution is 0.616. The van der Waals surface area contributed by atoms with Crippen molar-refractivity contribution in [3.05, 3.63) is 35.0 Å². The summed E-state index contributed by atoms with van der Waals surface area (Å²) in [6.45, 7) is 1.99. The number of fused-ring (bicyclic) bond motifs is 1. The molecule has 1 aromatic carbocycles. The number of furan rings is 1. The van der Waals surface area contributed by atoms with E-state index in [1.165, 1.54) is 0 Å². The first-order valence-electron chi connectivity index (χ1n) is 3.41. The van der Waals surface area contributed by atoms with E-state index in [4.69, 9.17) is 16.0 Å². The largest absolute Gasteiger partial charge is 0.464 e. The topological polar surface area (TPSA) is 13.1 Å². The SMILES string of the molecule is Cc1c(Cl)ccc2occc12. The van der Waals surface area contributed by atoms with Crippen molar-refractivity contribution >= 4 is 22.6 Å². The zero-order valence-electron chi connectivity index (χ0n) is 6.10. The molecule has 0 aliphatic rings. The highest BCUT2D eigenvalue weighted by atomic mass is 35.5. The van der Waals surface area contributed by atoms with Crippen LogP contribution in [0.5, 0.6) is 0 Å². The second-order valence-electron chi connectivity index (χ2n) is 2.50. The molecule has 0 N–H and O–H groups in total. The Bertz CT molecular complexity index is 389. The highest BCUT2D eigenvalue weighted by Crippen LogP contribution is 2.25. The Kier molecular flexibility index (Phi) is 1.40. The van der Waals surface area contributed by atoms with Crippen LogP contribution in [0.3, 0.4) is 0 Å². The van der Waals surface area contributed by atoms with Gasteiger partial charge in [0.25, 0.3) is 0 Å². The summed E-state index contributed by atoms with van der Waals surface area (Å²) in [5.74, 6) is 0. The van der Waals surface area contributed by atoms with Crippen LogP contribution in [0.25, 0.3) is 11.0 Å². The summed E-state index contributed by atoms with van der Waals surface area (Å²) in [6.07, 6.45) is 1.67. The highest BCUT2D eigenvalue weighted by Gasteiger charge is 2.02. The maximum Gasteiger partial charge on any atom is 0.134 e. The zero-order valence-corrected chi connectivity index (χ0v) is 6.85. The van der Waals surface area contributed by atoms with Crippen molar-refractivity contribution in [2.75, 3.05) is 0 Å². The number of rotatable bonds is 0. The molecule has 0 amide bonds. The van der Waals surface area contributed by atoms with E-state index in [-0.39, 0.29) is 0 Å². The van der Waals surface area contributed by atoms with Crippen molar-refractivity contribution in [3.8, 4) is 0 Å². The van der Waals surface area contributed by atoms with Gasteiger partial charge in [0, 0.05) is 10.4 Å². The molecule has 0 saturated heterocycles. The van der Waals surface area contributed by atoms with Crippen LogP contribution in [0, 0.1) is 6.92 Å². The molecule has 1 aromatic heterocycles. The van der Waals surface area contributed by atoms with Crippen molar-refractivity contribution in [2.45, 2.75) is 6.92 Å². The predicted molar refractivity (Wildman–Crippen MR) is 46.0 cm³/mol. The standard InChI is InChI=1S/C9H7ClO/c1-6-7-4-5-11-9(7)3-2-8(6)10/h2-5H,1H3. The molecule has 0 aliphatic heterocycles. The van der Waals surface area contributed by atoms with Gasteiger partial charge in [0.1, 0.15) is 5.58 Å². The van der Waals surface area contributed by atoms with Crippen LogP contribution in [0.1, 0.15) is 5.56 Å². The summed E-state index contributed by atoms with van der Waals surface area (Å²) in [6, 6.07) is 5.66. The average molecular weight is 167 g/mol. The Morgan fingerprint density at radius 3 is 2.91 bits per heavy atom. The summed E-state index contributed by atoms with van der Waals surface area (Å²) in [5.41, 5.74) is 1.98. The molecule has 0 aliphatic carbocycles. The molecule has 0 radical (unpaired) electrons. The van der Waals surface area contributed by atoms with Gasteiger partial charge in [0.2, 0.25) is 0 Å². The third kappa shape index (κ3) is 0.925. The summed E-state index contributed by atoms with van der Waals surface area (Å²) in [5, 5.41) is 1.89. The Hall–Kier alpha value is -0.950. The molecule has 2 rings (SSSR count). The van der Waals surface area contributed by atoms with Crippen molar-refractivity contribution < 1.29 is 4.42 Å². The lowest BCUT2D eigenvalue weighted by atomic mass is 10.1. The van der Waals surface area contributed by atoms with Crippen molar-refractivity contribution in [1.29, 1.82) is 0 Å². The second-order valence-corrected chi connectivity index (χ2v) is 2.91. The normalized spacial score (nSPS) is 10.7. The minimum Gasteiger partial charge on any atom is -0.464 e. The molecule has 0 saturated carbocycles. The Morgan fingerprint density at radius 1 is 1.27 bits per heavy atom. The van der Waals surface area contributed by atoms with Crippen LogP contribution in [-0.2, 0) is 0 Å². The molecule has 11 heavy (non-hydrogen) atoms. The van der Waals surface area contributed by atoms with Gasteiger partial charge in [-0.15, -0.1) is 0 Å². The fraction of sp³-hybridized carbons (Fsp3) is 0.111. The molecular formula is C9H7ClO. The zero-order chi connectivity index (χ0) is 7.84. The van der Waals surface area contributed by atoms with Crippen LogP contribution in [0.4, 0.5) is 0 Å². The Balaban J connectivity index is 2.93. The van der Waals surface area contributed by atoms with Gasteiger partial charge < -0.3 is 4.42 Å². The van der Waals surface area contributed by atoms with E-state index in [0.717, 1.165) is 21.6 Å². The first-order valence-corrected chi connectivity index (χ1v) is 3.79. The third-order valence-electron chi connectivity index (χ3n) is 1.84. The van der Waals surface area contributed by atoms with Crippen molar-refractivity contribution in [2.24, 2.45) is 0 Å². The maximum absolute atomic E-state index is 5.90. The van der Waals surface area contributed by atoms with Crippen molar-refractivity contribution in [1.82, 2.24) is 0 Å². The number of hydrogen-bond donors (Lipinski definition) is 0. The Labute approximate surface area is 69.6 Å². The monoisotopic (exact) mass is 166 g/mol. The summed E-state index contributed by atoms with van der Waals surface area (Å²) < 4.78 is 5.20. The van der Waals surface area contributed by atoms with Gasteiger partial charge in [-0.25, -0.2) is 0 Å². The van der Waals surface area contributed by atoms with Crippen LogP contribution < -0.4 is 0 Å². The van der Waals surface area contributed by atoms with Crippen molar-refractivity contribution in [3.63, 3.8) is 0 Å². The fourth-order valence-corrected chi connectivity index (χ4v) is 1.33. The summed E-state index contributed by atoms with van der Waals surface area (Å²) in [4.78, 5) is 0. The quantitative estimate of drug-likeness (QED) is 0.585. The number of halogens is 1. The lowest BCUT2D eigenvalue weighted by Gasteiger charge is -1.96. The molecule has 0 fully saturated rings. The van der Waals surface area contributed by atoms with E-state index >= 15 is 0 Å². The van der Waals surface area contributed by atoms with E-state index in [2.05, 4.69) is 0 Å². The minimum atomic E-state index is 0.791. The average Bonchev–Trinajstić information content (AvgIpc) is 2.45. The molecule has 2 aromatic rings. The molecular weight excluding hydrogens is 160 g/mol. The van der Waals surface area contributed by atoms with Crippen LogP contribution >= 0.6 is 11.6 Å². The van der Waals surface area contributed by atoms with E-state index < -0.39 is 0 Å². The van der Waals surface area contributed by atoms with E-state index in [1.54, 1.807) is 6.26 Å². The fourth-order valence-electron chi connectivity index (χ4n) is 1.16. The molecule has 0 spiro atoms. The van der Waals surface area contributed by atoms with Gasteiger partial charge in [-0.2, -0.15) is 0 Å². The smallest absolute Gasteiger partial charge is 0.134 e. The van der Waals surface area contributed by atoms with Gasteiger partial charge >= 0.3 is 0 Å². The third-order valence-corrected chi connectivity index (χ3v) is 2.25. The van der Waals surface area contributed by atoms with Crippen LogP contribution in [0.2, 0.25) is 5.02 Å². The summed E-state index contributed by atoms with van der Waals surface area (Å²) >= 11 is 5.90. The van der Waals surface area contributed by atoms with E-state index in [0.29, 0.717) is 0 Å². The van der Waals surface area contributed by atoms with Gasteiger partial charge in [-0.1, -0.05) is 11.6 Å². The van der Waals surface area contributed by atoms with E-state index in [9.17, 15) is 0 Å². The number of benzene rings is 1.